The fraction of sp³-hybridized carbons (Fsp3) is 0.300. The first kappa shape index (κ1) is 19.9. The van der Waals surface area contributed by atoms with Gasteiger partial charge in [-0.15, -0.1) is 18.3 Å². The number of hydrogen-bond acceptors (Lipinski definition) is 6. The summed E-state index contributed by atoms with van der Waals surface area (Å²) in [5, 5.41) is 8.25. The summed E-state index contributed by atoms with van der Waals surface area (Å²) in [5.74, 6) is -0.719. The van der Waals surface area contributed by atoms with Crippen molar-refractivity contribution in [2.45, 2.75) is 25.7 Å². The lowest BCUT2D eigenvalue weighted by atomic mass is 10.0. The molecule has 0 atom stereocenters. The van der Waals surface area contributed by atoms with Crippen LogP contribution < -0.4 is 10.3 Å². The van der Waals surface area contributed by atoms with Crippen LogP contribution in [0.2, 0.25) is 0 Å². The maximum Gasteiger partial charge on any atom is 0.573 e. The van der Waals surface area contributed by atoms with E-state index >= 15 is 0 Å². The molecule has 1 aliphatic rings. The molecule has 1 aliphatic carbocycles. The minimum absolute atomic E-state index is 0.0785. The monoisotopic (exact) mass is 419 g/mol. The number of fused-ring (bicyclic) bond motifs is 1. The predicted octanol–water partition coefficient (Wildman–Crippen LogP) is 3.31. The molecule has 30 heavy (non-hydrogen) atoms. The third-order valence-electron chi connectivity index (χ3n) is 5.07. The Bertz CT molecular complexity index is 1170. The largest absolute Gasteiger partial charge is 0.573 e. The van der Waals surface area contributed by atoms with E-state index in [1.807, 2.05) is 0 Å². The van der Waals surface area contributed by atoms with E-state index in [4.69, 9.17) is 4.74 Å². The quantitative estimate of drug-likeness (QED) is 0.590. The number of hydrogen-bond donors (Lipinski definition) is 0. The van der Waals surface area contributed by atoms with E-state index in [1.54, 1.807) is 18.2 Å². The molecule has 1 aromatic heterocycles. The number of carbonyl (C=O) groups excluding carboxylic acids is 1. The van der Waals surface area contributed by atoms with Crippen LogP contribution >= 0.6 is 0 Å². The summed E-state index contributed by atoms with van der Waals surface area (Å²) in [6.07, 6.45) is -3.55. The van der Waals surface area contributed by atoms with Gasteiger partial charge in [0.15, 0.2) is 0 Å². The first-order chi connectivity index (χ1) is 14.2. The van der Waals surface area contributed by atoms with Crippen LogP contribution in [0.1, 0.15) is 12.8 Å². The molecule has 0 spiro atoms. The zero-order chi connectivity index (χ0) is 21.5. The van der Waals surface area contributed by atoms with Gasteiger partial charge < -0.3 is 9.47 Å². The molecule has 4 rings (SSSR count). The second-order valence-corrected chi connectivity index (χ2v) is 7.13. The summed E-state index contributed by atoms with van der Waals surface area (Å²) >= 11 is 0. The van der Waals surface area contributed by atoms with E-state index in [0.29, 0.717) is 34.9 Å². The number of halogens is 3. The molecule has 0 unspecified atom stereocenters. The number of benzene rings is 2. The topological polar surface area (TPSA) is 83.3 Å². The van der Waals surface area contributed by atoms with Gasteiger partial charge in [0.05, 0.1) is 24.5 Å². The molecule has 7 nitrogen and oxygen atoms in total. The summed E-state index contributed by atoms with van der Waals surface area (Å²) in [6, 6.07) is 10.2. The normalized spacial score (nSPS) is 15.1. The van der Waals surface area contributed by atoms with Gasteiger partial charge in [0, 0.05) is 0 Å². The molecule has 3 aromatic rings. The number of nitrogens with zero attached hydrogens (tertiary/aromatic N) is 3. The predicted molar refractivity (Wildman–Crippen MR) is 99.6 cm³/mol. The molecular formula is C20H16F3N3O4. The number of methoxy groups -OCH3 is 1. The number of rotatable bonds is 5. The van der Waals surface area contributed by atoms with E-state index in [0.717, 1.165) is 4.68 Å². The maximum atomic E-state index is 12.9. The molecule has 0 saturated heterocycles. The SMILES string of the molecule is COC(=O)C1(Cn2nnc3ccc(-c4ccc(OC(F)(F)F)cc4)cc3c2=O)CC1. The van der Waals surface area contributed by atoms with Gasteiger partial charge in [0.2, 0.25) is 0 Å². The molecular weight excluding hydrogens is 403 g/mol. The zero-order valence-electron chi connectivity index (χ0n) is 15.8. The first-order valence-electron chi connectivity index (χ1n) is 9.03. The molecule has 2 aromatic carbocycles. The second kappa shape index (κ2) is 7.12. The summed E-state index contributed by atoms with van der Waals surface area (Å²) in [6.45, 7) is 0.0785. The van der Waals surface area contributed by atoms with Gasteiger partial charge in [-0.2, -0.15) is 0 Å². The Labute approximate surface area is 168 Å². The van der Waals surface area contributed by atoms with Crippen molar-refractivity contribution in [1.82, 2.24) is 15.0 Å². The van der Waals surface area contributed by atoms with Crippen LogP contribution in [-0.2, 0) is 16.1 Å². The Kier molecular flexibility index (Phi) is 4.71. The van der Waals surface area contributed by atoms with Gasteiger partial charge in [-0.3, -0.25) is 9.59 Å². The van der Waals surface area contributed by atoms with Crippen molar-refractivity contribution in [1.29, 1.82) is 0 Å². The van der Waals surface area contributed by atoms with E-state index in [1.165, 1.54) is 31.4 Å². The Morgan fingerprint density at radius 2 is 1.80 bits per heavy atom. The summed E-state index contributed by atoms with van der Waals surface area (Å²) < 4.78 is 46.8. The summed E-state index contributed by atoms with van der Waals surface area (Å²) in [4.78, 5) is 24.9. The van der Waals surface area contributed by atoms with Crippen LogP contribution in [0, 0.1) is 5.41 Å². The van der Waals surface area contributed by atoms with Gasteiger partial charge in [0.25, 0.3) is 5.56 Å². The average molecular weight is 419 g/mol. The molecule has 1 heterocycles. The van der Waals surface area contributed by atoms with Gasteiger partial charge in [0.1, 0.15) is 11.3 Å². The Balaban J connectivity index is 1.66. The van der Waals surface area contributed by atoms with Gasteiger partial charge >= 0.3 is 12.3 Å². The smallest absolute Gasteiger partial charge is 0.469 e. The molecule has 156 valence electrons. The molecule has 10 heteroatoms. The number of alkyl halides is 3. The number of aromatic nitrogens is 3. The standard InChI is InChI=1S/C20H16F3N3O4/c1-29-18(28)19(8-9-19)11-26-17(27)15-10-13(4-7-16(15)24-25-26)12-2-5-14(6-3-12)30-20(21,22)23/h2-7,10H,8-9,11H2,1H3. The van der Waals surface area contributed by atoms with Crippen LogP contribution in [0.3, 0.4) is 0 Å². The minimum Gasteiger partial charge on any atom is -0.469 e. The van der Waals surface area contributed by atoms with Crippen molar-refractivity contribution in [2.75, 3.05) is 7.11 Å². The van der Waals surface area contributed by atoms with Gasteiger partial charge in [-0.1, -0.05) is 23.4 Å². The van der Waals surface area contributed by atoms with E-state index in [9.17, 15) is 22.8 Å². The number of carbonyl (C=O) groups is 1. The number of ether oxygens (including phenoxy) is 2. The molecule has 0 N–H and O–H groups in total. The molecule has 0 aliphatic heterocycles. The van der Waals surface area contributed by atoms with Crippen molar-refractivity contribution in [2.24, 2.45) is 5.41 Å². The van der Waals surface area contributed by atoms with E-state index in [2.05, 4.69) is 15.0 Å². The molecule has 0 bridgehead atoms. The Morgan fingerprint density at radius 1 is 1.13 bits per heavy atom. The van der Waals surface area contributed by atoms with Crippen molar-refractivity contribution in [3.63, 3.8) is 0 Å². The average Bonchev–Trinajstić information content (AvgIpc) is 3.49. The van der Waals surface area contributed by atoms with Crippen LogP contribution in [0.25, 0.3) is 22.0 Å². The fourth-order valence-corrected chi connectivity index (χ4v) is 3.29. The van der Waals surface area contributed by atoms with Crippen LogP contribution in [0.5, 0.6) is 5.75 Å². The third-order valence-corrected chi connectivity index (χ3v) is 5.07. The molecule has 1 saturated carbocycles. The van der Waals surface area contributed by atoms with E-state index < -0.39 is 17.3 Å². The second-order valence-electron chi connectivity index (χ2n) is 7.13. The Morgan fingerprint density at radius 3 is 2.40 bits per heavy atom. The highest BCUT2D eigenvalue weighted by Crippen LogP contribution is 2.47. The lowest BCUT2D eigenvalue weighted by Crippen LogP contribution is -2.32. The van der Waals surface area contributed by atoms with Crippen molar-refractivity contribution < 1.29 is 27.4 Å². The highest BCUT2D eigenvalue weighted by molar-refractivity contribution is 5.83. The Hall–Kier alpha value is -3.43. The van der Waals surface area contributed by atoms with Gasteiger partial charge in [-0.25, -0.2) is 4.68 Å². The molecule has 0 radical (unpaired) electrons. The number of esters is 1. The summed E-state index contributed by atoms with van der Waals surface area (Å²) in [5.41, 5.74) is 0.440. The van der Waals surface area contributed by atoms with Crippen LogP contribution in [0.15, 0.2) is 47.3 Å². The maximum absolute atomic E-state index is 12.9. The fourth-order valence-electron chi connectivity index (χ4n) is 3.29. The van der Waals surface area contributed by atoms with E-state index in [-0.39, 0.29) is 18.3 Å². The third kappa shape index (κ3) is 3.85. The molecule has 0 amide bonds. The van der Waals surface area contributed by atoms with Crippen LogP contribution in [-0.4, -0.2) is 34.4 Å². The minimum atomic E-state index is -4.77. The summed E-state index contributed by atoms with van der Waals surface area (Å²) in [7, 11) is 1.30. The van der Waals surface area contributed by atoms with Crippen molar-refractivity contribution >= 4 is 16.9 Å². The van der Waals surface area contributed by atoms with Crippen LogP contribution in [0.4, 0.5) is 13.2 Å². The molecule has 1 fully saturated rings. The van der Waals surface area contributed by atoms with Gasteiger partial charge in [-0.05, 0) is 48.2 Å². The first-order valence-corrected chi connectivity index (χ1v) is 9.03. The highest BCUT2D eigenvalue weighted by Gasteiger charge is 2.52. The zero-order valence-corrected chi connectivity index (χ0v) is 15.8. The van der Waals surface area contributed by atoms with Crippen molar-refractivity contribution in [3.05, 3.63) is 52.8 Å². The lowest BCUT2D eigenvalue weighted by Gasteiger charge is -2.13. The van der Waals surface area contributed by atoms with Crippen molar-refractivity contribution in [3.8, 4) is 16.9 Å². The lowest BCUT2D eigenvalue weighted by molar-refractivity contribution is -0.274. The highest BCUT2D eigenvalue weighted by atomic mass is 19.4.